The minimum absolute atomic E-state index is 0.110. The van der Waals surface area contributed by atoms with E-state index in [-0.39, 0.29) is 5.97 Å². The van der Waals surface area contributed by atoms with Crippen molar-refractivity contribution in [3.63, 3.8) is 0 Å². The highest BCUT2D eigenvalue weighted by Gasteiger charge is 2.48. The number of ether oxygens (including phenoxy) is 1. The molecule has 0 radical (unpaired) electrons. The van der Waals surface area contributed by atoms with E-state index >= 15 is 0 Å². The molecule has 104 valence electrons. The third kappa shape index (κ3) is 2.75. The number of carbonyl (C=O) groups is 1. The van der Waals surface area contributed by atoms with Crippen molar-refractivity contribution >= 4 is 11.7 Å². The van der Waals surface area contributed by atoms with Crippen LogP contribution in [-0.2, 0) is 9.53 Å². The van der Waals surface area contributed by atoms with Crippen LogP contribution < -0.4 is 5.32 Å². The van der Waals surface area contributed by atoms with Gasteiger partial charge in [-0.15, -0.1) is 0 Å². The molecule has 0 aromatic heterocycles. The molecule has 1 saturated carbocycles. The van der Waals surface area contributed by atoms with Crippen molar-refractivity contribution in [2.75, 3.05) is 11.9 Å². The number of anilines is 1. The molecule has 0 heterocycles. The van der Waals surface area contributed by atoms with Crippen LogP contribution in [0, 0.1) is 12.8 Å². The molecular formula is C16H23NO2. The molecule has 0 aliphatic heterocycles. The number of hydrogen-bond acceptors (Lipinski definition) is 3. The standard InChI is InChI=1S/C16H23NO2/c1-4-19-15(18)16(10-6-8-13(16)3)17-14-9-5-7-12(2)11-14/h5,7,9,11,13,17H,4,6,8,10H2,1-3H3. The highest BCUT2D eigenvalue weighted by atomic mass is 16.5. The predicted octanol–water partition coefficient (Wildman–Crippen LogP) is 3.53. The first kappa shape index (κ1) is 13.9. The number of esters is 1. The molecule has 2 unspecified atom stereocenters. The van der Waals surface area contributed by atoms with Crippen molar-refractivity contribution in [3.8, 4) is 0 Å². The Morgan fingerprint density at radius 1 is 1.53 bits per heavy atom. The van der Waals surface area contributed by atoms with E-state index in [1.807, 2.05) is 19.1 Å². The lowest BCUT2D eigenvalue weighted by Gasteiger charge is -2.33. The zero-order valence-electron chi connectivity index (χ0n) is 12.0. The fraction of sp³-hybridized carbons (Fsp3) is 0.562. The highest BCUT2D eigenvalue weighted by Crippen LogP contribution is 2.39. The lowest BCUT2D eigenvalue weighted by atomic mass is 9.88. The number of carbonyl (C=O) groups excluding carboxylic acids is 1. The summed E-state index contributed by atoms with van der Waals surface area (Å²) in [5, 5.41) is 3.46. The van der Waals surface area contributed by atoms with Gasteiger partial charge in [0, 0.05) is 5.69 Å². The normalized spacial score (nSPS) is 26.2. The topological polar surface area (TPSA) is 38.3 Å². The van der Waals surface area contributed by atoms with Gasteiger partial charge < -0.3 is 10.1 Å². The Morgan fingerprint density at radius 3 is 2.89 bits per heavy atom. The smallest absolute Gasteiger partial charge is 0.332 e. The van der Waals surface area contributed by atoms with Gasteiger partial charge in [0.2, 0.25) is 0 Å². The molecule has 0 amide bonds. The maximum Gasteiger partial charge on any atom is 0.332 e. The van der Waals surface area contributed by atoms with Gasteiger partial charge in [-0.25, -0.2) is 4.79 Å². The minimum Gasteiger partial charge on any atom is -0.464 e. The summed E-state index contributed by atoms with van der Waals surface area (Å²) < 4.78 is 5.30. The molecule has 1 aliphatic rings. The van der Waals surface area contributed by atoms with Gasteiger partial charge in [-0.2, -0.15) is 0 Å². The number of nitrogens with one attached hydrogen (secondary N) is 1. The molecule has 0 spiro atoms. The van der Waals surface area contributed by atoms with E-state index in [2.05, 4.69) is 31.3 Å². The molecule has 0 bridgehead atoms. The first-order valence-electron chi connectivity index (χ1n) is 7.10. The van der Waals surface area contributed by atoms with E-state index in [1.165, 1.54) is 5.56 Å². The van der Waals surface area contributed by atoms with Crippen LogP contribution in [0.25, 0.3) is 0 Å². The summed E-state index contributed by atoms with van der Waals surface area (Å²) in [6.07, 6.45) is 2.98. The molecule has 3 nitrogen and oxygen atoms in total. The van der Waals surface area contributed by atoms with Crippen LogP contribution in [0.15, 0.2) is 24.3 Å². The van der Waals surface area contributed by atoms with Gasteiger partial charge >= 0.3 is 5.97 Å². The van der Waals surface area contributed by atoms with E-state index in [0.29, 0.717) is 12.5 Å². The van der Waals surface area contributed by atoms with E-state index in [1.54, 1.807) is 0 Å². The Bertz CT molecular complexity index is 458. The molecule has 3 heteroatoms. The lowest BCUT2D eigenvalue weighted by Crippen LogP contribution is -2.49. The molecule has 2 rings (SSSR count). The van der Waals surface area contributed by atoms with Gasteiger partial charge in [-0.05, 0) is 50.3 Å². The van der Waals surface area contributed by atoms with Crippen molar-refractivity contribution in [1.29, 1.82) is 0 Å². The second kappa shape index (κ2) is 5.64. The Hall–Kier alpha value is -1.51. The summed E-state index contributed by atoms with van der Waals surface area (Å²) in [4.78, 5) is 12.4. The summed E-state index contributed by atoms with van der Waals surface area (Å²) in [6.45, 7) is 6.48. The van der Waals surface area contributed by atoms with Crippen LogP contribution >= 0.6 is 0 Å². The van der Waals surface area contributed by atoms with Crippen LogP contribution in [0.2, 0.25) is 0 Å². The van der Waals surface area contributed by atoms with E-state index in [4.69, 9.17) is 4.74 Å². The number of rotatable bonds is 4. The van der Waals surface area contributed by atoms with E-state index < -0.39 is 5.54 Å². The predicted molar refractivity (Wildman–Crippen MR) is 77.2 cm³/mol. The van der Waals surface area contributed by atoms with Crippen molar-refractivity contribution in [3.05, 3.63) is 29.8 Å². The summed E-state index contributed by atoms with van der Waals surface area (Å²) in [7, 11) is 0. The fourth-order valence-electron chi connectivity index (χ4n) is 2.96. The number of aryl methyl sites for hydroxylation is 1. The third-order valence-corrected chi connectivity index (χ3v) is 4.07. The molecule has 0 saturated heterocycles. The summed E-state index contributed by atoms with van der Waals surface area (Å²) in [5.74, 6) is 0.188. The van der Waals surface area contributed by atoms with Gasteiger partial charge in [0.25, 0.3) is 0 Å². The van der Waals surface area contributed by atoms with Gasteiger partial charge in [0.1, 0.15) is 5.54 Å². The molecule has 2 atom stereocenters. The molecule has 1 aromatic rings. The second-order valence-corrected chi connectivity index (χ2v) is 5.48. The van der Waals surface area contributed by atoms with Crippen molar-refractivity contribution in [2.45, 2.75) is 45.6 Å². The van der Waals surface area contributed by atoms with Gasteiger partial charge in [0.15, 0.2) is 0 Å². The third-order valence-electron chi connectivity index (χ3n) is 4.07. The van der Waals surface area contributed by atoms with Crippen LogP contribution in [-0.4, -0.2) is 18.1 Å². The molecule has 19 heavy (non-hydrogen) atoms. The van der Waals surface area contributed by atoms with Crippen molar-refractivity contribution in [2.24, 2.45) is 5.92 Å². The van der Waals surface area contributed by atoms with Crippen LogP contribution in [0.3, 0.4) is 0 Å². The molecule has 1 aliphatic carbocycles. The van der Waals surface area contributed by atoms with E-state index in [0.717, 1.165) is 24.9 Å². The Balaban J connectivity index is 2.26. The van der Waals surface area contributed by atoms with Crippen molar-refractivity contribution < 1.29 is 9.53 Å². The first-order valence-corrected chi connectivity index (χ1v) is 7.10. The minimum atomic E-state index is -0.552. The summed E-state index contributed by atoms with van der Waals surface area (Å²) in [6, 6.07) is 8.15. The van der Waals surface area contributed by atoms with Crippen LogP contribution in [0.1, 0.15) is 38.7 Å². The van der Waals surface area contributed by atoms with E-state index in [9.17, 15) is 4.79 Å². The SMILES string of the molecule is CCOC(=O)C1(Nc2cccc(C)c2)CCCC1C. The van der Waals surface area contributed by atoms with Gasteiger partial charge in [-0.1, -0.05) is 25.5 Å². The molecule has 1 N–H and O–H groups in total. The van der Waals surface area contributed by atoms with Gasteiger partial charge in [-0.3, -0.25) is 0 Å². The van der Waals surface area contributed by atoms with Crippen molar-refractivity contribution in [1.82, 2.24) is 0 Å². The van der Waals surface area contributed by atoms with Gasteiger partial charge in [0.05, 0.1) is 6.61 Å². The summed E-state index contributed by atoms with van der Waals surface area (Å²) >= 11 is 0. The lowest BCUT2D eigenvalue weighted by molar-refractivity contribution is -0.149. The fourth-order valence-corrected chi connectivity index (χ4v) is 2.96. The number of benzene rings is 1. The zero-order valence-corrected chi connectivity index (χ0v) is 12.0. The average Bonchev–Trinajstić information content (AvgIpc) is 2.72. The number of hydrogen-bond donors (Lipinski definition) is 1. The molecule has 1 aromatic carbocycles. The zero-order chi connectivity index (χ0) is 13.9. The summed E-state index contributed by atoms with van der Waals surface area (Å²) in [5.41, 5.74) is 1.64. The Labute approximate surface area is 115 Å². The maximum absolute atomic E-state index is 12.4. The monoisotopic (exact) mass is 261 g/mol. The largest absolute Gasteiger partial charge is 0.464 e. The van der Waals surface area contributed by atoms with Crippen LogP contribution in [0.5, 0.6) is 0 Å². The molecule has 1 fully saturated rings. The quantitative estimate of drug-likeness (QED) is 0.843. The first-order chi connectivity index (χ1) is 9.08. The Kier molecular flexibility index (Phi) is 4.13. The highest BCUT2D eigenvalue weighted by molar-refractivity contribution is 5.85. The molecular weight excluding hydrogens is 238 g/mol. The maximum atomic E-state index is 12.4. The second-order valence-electron chi connectivity index (χ2n) is 5.48. The Morgan fingerprint density at radius 2 is 2.32 bits per heavy atom. The van der Waals surface area contributed by atoms with Crippen LogP contribution in [0.4, 0.5) is 5.69 Å². The average molecular weight is 261 g/mol.